The summed E-state index contributed by atoms with van der Waals surface area (Å²) in [6, 6.07) is 8.83. The molecule has 0 aliphatic carbocycles. The van der Waals surface area contributed by atoms with Crippen LogP contribution in [0.4, 0.5) is 0 Å². The molecule has 0 saturated carbocycles. The van der Waals surface area contributed by atoms with Gasteiger partial charge in [0.2, 0.25) is 0 Å². The zero-order chi connectivity index (χ0) is 12.6. The summed E-state index contributed by atoms with van der Waals surface area (Å²) in [6.07, 6.45) is 3.51. The van der Waals surface area contributed by atoms with Gasteiger partial charge in [-0.15, -0.1) is 0 Å². The molecule has 0 radical (unpaired) electrons. The molecule has 2 rings (SSSR count). The fraction of sp³-hybridized carbons (Fsp3) is 0.600. The number of rotatable bonds is 7. The first-order valence-corrected chi connectivity index (χ1v) is 7.10. The van der Waals surface area contributed by atoms with Crippen molar-refractivity contribution >= 4 is 0 Å². The van der Waals surface area contributed by atoms with Crippen LogP contribution in [0, 0.1) is 0 Å². The third kappa shape index (κ3) is 4.09. The van der Waals surface area contributed by atoms with Crippen molar-refractivity contribution in [2.24, 2.45) is 5.73 Å². The molecule has 0 unspecified atom stereocenters. The van der Waals surface area contributed by atoms with Gasteiger partial charge in [-0.05, 0) is 56.6 Å². The van der Waals surface area contributed by atoms with Crippen molar-refractivity contribution in [1.29, 1.82) is 0 Å². The third-order valence-corrected chi connectivity index (χ3v) is 3.60. The van der Waals surface area contributed by atoms with E-state index in [9.17, 15) is 0 Å². The molecule has 100 valence electrons. The van der Waals surface area contributed by atoms with E-state index in [1.54, 1.807) is 0 Å². The van der Waals surface area contributed by atoms with E-state index < -0.39 is 0 Å². The number of benzene rings is 1. The van der Waals surface area contributed by atoms with E-state index in [0.717, 1.165) is 32.6 Å². The first-order valence-electron chi connectivity index (χ1n) is 7.10. The van der Waals surface area contributed by atoms with Crippen LogP contribution in [0.5, 0.6) is 0 Å². The third-order valence-electron chi connectivity index (χ3n) is 3.60. The SMILES string of the molecule is NCCCNCCCN1CCc2ccccc2C1. The first-order chi connectivity index (χ1) is 8.90. The monoisotopic (exact) mass is 247 g/mol. The van der Waals surface area contributed by atoms with Gasteiger partial charge in [0.15, 0.2) is 0 Å². The van der Waals surface area contributed by atoms with E-state index in [1.807, 2.05) is 0 Å². The zero-order valence-electron chi connectivity index (χ0n) is 11.2. The lowest BCUT2D eigenvalue weighted by Crippen LogP contribution is -2.33. The summed E-state index contributed by atoms with van der Waals surface area (Å²) in [4.78, 5) is 2.56. The molecule has 1 aliphatic heterocycles. The van der Waals surface area contributed by atoms with Crippen LogP contribution in [-0.4, -0.2) is 37.6 Å². The average molecular weight is 247 g/mol. The minimum absolute atomic E-state index is 0.788. The Labute approximate surface area is 110 Å². The van der Waals surface area contributed by atoms with Gasteiger partial charge in [0, 0.05) is 13.1 Å². The Morgan fingerprint density at radius 2 is 1.89 bits per heavy atom. The summed E-state index contributed by atoms with van der Waals surface area (Å²) in [7, 11) is 0. The van der Waals surface area contributed by atoms with Gasteiger partial charge in [0.25, 0.3) is 0 Å². The van der Waals surface area contributed by atoms with Crippen molar-refractivity contribution in [2.45, 2.75) is 25.8 Å². The van der Waals surface area contributed by atoms with Crippen molar-refractivity contribution in [3.8, 4) is 0 Å². The van der Waals surface area contributed by atoms with Gasteiger partial charge >= 0.3 is 0 Å². The van der Waals surface area contributed by atoms with E-state index in [4.69, 9.17) is 5.73 Å². The minimum Gasteiger partial charge on any atom is -0.330 e. The maximum atomic E-state index is 5.46. The van der Waals surface area contributed by atoms with Crippen LogP contribution in [-0.2, 0) is 13.0 Å². The second-order valence-electron chi connectivity index (χ2n) is 5.04. The standard InChI is InChI=1S/C15H25N3/c16-8-3-9-17-10-4-11-18-12-7-14-5-1-2-6-15(14)13-18/h1-2,5-6,17H,3-4,7-13,16H2. The summed E-state index contributed by atoms with van der Waals surface area (Å²) in [5, 5.41) is 3.44. The van der Waals surface area contributed by atoms with Crippen molar-refractivity contribution in [3.05, 3.63) is 35.4 Å². The highest BCUT2D eigenvalue weighted by atomic mass is 15.1. The lowest BCUT2D eigenvalue weighted by molar-refractivity contribution is 0.250. The topological polar surface area (TPSA) is 41.3 Å². The normalized spacial score (nSPS) is 15.6. The van der Waals surface area contributed by atoms with Gasteiger partial charge in [-0.2, -0.15) is 0 Å². The van der Waals surface area contributed by atoms with Crippen LogP contribution in [0.1, 0.15) is 24.0 Å². The fourth-order valence-electron chi connectivity index (χ4n) is 2.52. The number of nitrogens with two attached hydrogens (primary N) is 1. The summed E-state index contributed by atoms with van der Waals surface area (Å²) in [6.45, 7) is 6.48. The smallest absolute Gasteiger partial charge is 0.0236 e. The van der Waals surface area contributed by atoms with Crippen LogP contribution in [0.2, 0.25) is 0 Å². The Kier molecular flexibility index (Phi) is 5.65. The van der Waals surface area contributed by atoms with E-state index in [0.29, 0.717) is 0 Å². The van der Waals surface area contributed by atoms with E-state index in [-0.39, 0.29) is 0 Å². The van der Waals surface area contributed by atoms with Gasteiger partial charge in [0.05, 0.1) is 0 Å². The summed E-state index contributed by atoms with van der Waals surface area (Å²) in [5.74, 6) is 0. The quantitative estimate of drug-likeness (QED) is 0.715. The highest BCUT2D eigenvalue weighted by Crippen LogP contribution is 2.18. The minimum atomic E-state index is 0.788. The molecule has 18 heavy (non-hydrogen) atoms. The molecule has 0 aromatic heterocycles. The van der Waals surface area contributed by atoms with Crippen LogP contribution in [0.3, 0.4) is 0 Å². The molecule has 0 atom stereocenters. The molecule has 3 heteroatoms. The van der Waals surface area contributed by atoms with Gasteiger partial charge in [-0.25, -0.2) is 0 Å². The predicted molar refractivity (Wildman–Crippen MR) is 76.6 cm³/mol. The molecular formula is C15H25N3. The number of nitrogens with one attached hydrogen (secondary N) is 1. The molecular weight excluding hydrogens is 222 g/mol. The van der Waals surface area contributed by atoms with Crippen molar-refractivity contribution in [1.82, 2.24) is 10.2 Å². The summed E-state index contributed by atoms with van der Waals surface area (Å²) < 4.78 is 0. The van der Waals surface area contributed by atoms with Gasteiger partial charge in [-0.1, -0.05) is 24.3 Å². The molecule has 3 nitrogen and oxygen atoms in total. The molecule has 1 aromatic rings. The van der Waals surface area contributed by atoms with Crippen molar-refractivity contribution in [2.75, 3.05) is 32.7 Å². The molecule has 3 N–H and O–H groups in total. The Hall–Kier alpha value is -0.900. The number of fused-ring (bicyclic) bond motifs is 1. The largest absolute Gasteiger partial charge is 0.330 e. The highest BCUT2D eigenvalue weighted by Gasteiger charge is 2.14. The maximum Gasteiger partial charge on any atom is 0.0236 e. The molecule has 1 aromatic carbocycles. The second-order valence-corrected chi connectivity index (χ2v) is 5.04. The first kappa shape index (κ1) is 13.5. The fourth-order valence-corrected chi connectivity index (χ4v) is 2.52. The van der Waals surface area contributed by atoms with Crippen LogP contribution < -0.4 is 11.1 Å². The number of nitrogens with zero attached hydrogens (tertiary/aromatic N) is 1. The zero-order valence-corrected chi connectivity index (χ0v) is 11.2. The van der Waals surface area contributed by atoms with E-state index in [2.05, 4.69) is 34.5 Å². The van der Waals surface area contributed by atoms with Gasteiger partial charge < -0.3 is 11.1 Å². The lowest BCUT2D eigenvalue weighted by Gasteiger charge is -2.28. The van der Waals surface area contributed by atoms with Gasteiger partial charge in [-0.3, -0.25) is 4.90 Å². The van der Waals surface area contributed by atoms with E-state index in [1.165, 1.54) is 37.1 Å². The number of hydrogen-bond donors (Lipinski definition) is 2. The predicted octanol–water partition coefficient (Wildman–Crippen LogP) is 1.37. The van der Waals surface area contributed by atoms with Crippen molar-refractivity contribution in [3.63, 3.8) is 0 Å². The molecule has 1 aliphatic rings. The highest BCUT2D eigenvalue weighted by molar-refractivity contribution is 5.28. The van der Waals surface area contributed by atoms with Crippen LogP contribution in [0.15, 0.2) is 24.3 Å². The Morgan fingerprint density at radius 1 is 1.11 bits per heavy atom. The molecule has 0 saturated heterocycles. The van der Waals surface area contributed by atoms with Gasteiger partial charge in [0.1, 0.15) is 0 Å². The lowest BCUT2D eigenvalue weighted by atomic mass is 10.00. The number of hydrogen-bond acceptors (Lipinski definition) is 3. The molecule has 0 bridgehead atoms. The second kappa shape index (κ2) is 7.52. The van der Waals surface area contributed by atoms with Crippen LogP contribution in [0.25, 0.3) is 0 Å². The van der Waals surface area contributed by atoms with Crippen molar-refractivity contribution < 1.29 is 0 Å². The summed E-state index contributed by atoms with van der Waals surface area (Å²) >= 11 is 0. The van der Waals surface area contributed by atoms with E-state index >= 15 is 0 Å². The van der Waals surface area contributed by atoms with Crippen LogP contribution >= 0.6 is 0 Å². The maximum absolute atomic E-state index is 5.46. The molecule has 1 heterocycles. The Bertz CT molecular complexity index is 351. The summed E-state index contributed by atoms with van der Waals surface area (Å²) in [5.41, 5.74) is 8.51. The average Bonchev–Trinajstić information content (AvgIpc) is 2.42. The molecule has 0 amide bonds. The molecule has 0 spiro atoms. The molecule has 0 fully saturated rings. The Morgan fingerprint density at radius 3 is 2.72 bits per heavy atom. The Balaban J connectivity index is 1.64.